The molecule has 3 aromatic rings. The Kier molecular flexibility index (Phi) is 6.00. The molecule has 0 atom stereocenters. The molecule has 0 aliphatic rings. The van der Waals surface area contributed by atoms with Gasteiger partial charge in [-0.15, -0.1) is 0 Å². The van der Waals surface area contributed by atoms with Crippen LogP contribution in [0.3, 0.4) is 0 Å². The van der Waals surface area contributed by atoms with Crippen LogP contribution < -0.4 is 0 Å². The van der Waals surface area contributed by atoms with Gasteiger partial charge in [-0.25, -0.2) is 0 Å². The SMILES string of the molecule is Cc1ccc(C#CC=C(Sc2ccc(C)cc2)c2ccc(C)cc2)cc1. The van der Waals surface area contributed by atoms with Gasteiger partial charge < -0.3 is 0 Å². The number of aryl methyl sites for hydroxylation is 3. The molecular formula is C25H22S. The van der Waals surface area contributed by atoms with Crippen LogP contribution in [0.1, 0.15) is 27.8 Å². The molecular weight excluding hydrogens is 332 g/mol. The third kappa shape index (κ3) is 5.15. The first-order valence-electron chi connectivity index (χ1n) is 8.70. The van der Waals surface area contributed by atoms with Crippen molar-refractivity contribution in [3.63, 3.8) is 0 Å². The summed E-state index contributed by atoms with van der Waals surface area (Å²) in [5.74, 6) is 6.47. The van der Waals surface area contributed by atoms with Crippen LogP contribution in [0, 0.1) is 32.6 Å². The van der Waals surface area contributed by atoms with Crippen LogP contribution in [0.2, 0.25) is 0 Å². The van der Waals surface area contributed by atoms with Crippen molar-refractivity contribution < 1.29 is 0 Å². The van der Waals surface area contributed by atoms with Gasteiger partial charge in [0.1, 0.15) is 0 Å². The van der Waals surface area contributed by atoms with Crippen molar-refractivity contribution in [2.45, 2.75) is 25.7 Å². The predicted octanol–water partition coefficient (Wildman–Crippen LogP) is 6.80. The normalized spacial score (nSPS) is 11.0. The Morgan fingerprint density at radius 1 is 0.692 bits per heavy atom. The lowest BCUT2D eigenvalue weighted by atomic mass is 10.1. The summed E-state index contributed by atoms with van der Waals surface area (Å²) >= 11 is 1.75. The van der Waals surface area contributed by atoms with Gasteiger partial charge in [0.2, 0.25) is 0 Å². The Labute approximate surface area is 161 Å². The van der Waals surface area contributed by atoms with E-state index >= 15 is 0 Å². The highest BCUT2D eigenvalue weighted by atomic mass is 32.2. The summed E-state index contributed by atoms with van der Waals surface area (Å²) in [5.41, 5.74) is 6.02. The summed E-state index contributed by atoms with van der Waals surface area (Å²) in [7, 11) is 0. The Balaban J connectivity index is 1.90. The van der Waals surface area contributed by atoms with Crippen molar-refractivity contribution in [1.29, 1.82) is 0 Å². The molecule has 0 amide bonds. The van der Waals surface area contributed by atoms with E-state index in [-0.39, 0.29) is 0 Å². The van der Waals surface area contributed by atoms with Crippen molar-refractivity contribution in [2.24, 2.45) is 0 Å². The number of hydrogen-bond acceptors (Lipinski definition) is 1. The molecule has 0 radical (unpaired) electrons. The van der Waals surface area contributed by atoms with E-state index in [0.717, 1.165) is 10.5 Å². The van der Waals surface area contributed by atoms with E-state index in [1.54, 1.807) is 11.8 Å². The summed E-state index contributed by atoms with van der Waals surface area (Å²) in [4.78, 5) is 2.38. The maximum atomic E-state index is 3.24. The summed E-state index contributed by atoms with van der Waals surface area (Å²) in [6, 6.07) is 25.5. The van der Waals surface area contributed by atoms with E-state index in [1.807, 2.05) is 6.08 Å². The van der Waals surface area contributed by atoms with Gasteiger partial charge in [0.25, 0.3) is 0 Å². The zero-order valence-corrected chi connectivity index (χ0v) is 16.2. The average Bonchev–Trinajstić information content (AvgIpc) is 2.65. The first-order chi connectivity index (χ1) is 12.6. The molecule has 0 aliphatic heterocycles. The molecule has 0 fully saturated rings. The Morgan fingerprint density at radius 3 is 1.77 bits per heavy atom. The molecule has 128 valence electrons. The van der Waals surface area contributed by atoms with Crippen molar-refractivity contribution in [3.8, 4) is 11.8 Å². The Bertz CT molecular complexity index is 948. The molecule has 0 saturated heterocycles. The number of benzene rings is 3. The van der Waals surface area contributed by atoms with Gasteiger partial charge in [-0.3, -0.25) is 0 Å². The molecule has 0 aromatic heterocycles. The predicted molar refractivity (Wildman–Crippen MR) is 114 cm³/mol. The minimum absolute atomic E-state index is 1.04. The molecule has 3 aromatic carbocycles. The lowest BCUT2D eigenvalue weighted by Gasteiger charge is -2.07. The molecule has 0 heterocycles. The third-order valence-electron chi connectivity index (χ3n) is 4.06. The maximum Gasteiger partial charge on any atom is 0.0278 e. The molecule has 0 nitrogen and oxygen atoms in total. The number of allylic oxidation sites excluding steroid dienone is 1. The van der Waals surface area contributed by atoms with Crippen LogP contribution in [-0.4, -0.2) is 0 Å². The highest BCUT2D eigenvalue weighted by molar-refractivity contribution is 8.08. The van der Waals surface area contributed by atoms with Crippen molar-refractivity contribution >= 4 is 16.7 Å². The molecule has 0 spiro atoms. The van der Waals surface area contributed by atoms with Crippen LogP contribution in [0.4, 0.5) is 0 Å². The summed E-state index contributed by atoms with van der Waals surface area (Å²) in [6.07, 6.45) is 2.02. The maximum absolute atomic E-state index is 3.24. The molecule has 26 heavy (non-hydrogen) atoms. The van der Waals surface area contributed by atoms with E-state index in [4.69, 9.17) is 0 Å². The quantitative estimate of drug-likeness (QED) is 0.368. The second kappa shape index (κ2) is 8.61. The van der Waals surface area contributed by atoms with E-state index in [0.29, 0.717) is 0 Å². The van der Waals surface area contributed by atoms with E-state index in [1.165, 1.54) is 27.1 Å². The number of thioether (sulfide) groups is 1. The largest absolute Gasteiger partial charge is 0.0888 e. The zero-order valence-electron chi connectivity index (χ0n) is 15.4. The van der Waals surface area contributed by atoms with Crippen LogP contribution in [0.15, 0.2) is 83.8 Å². The van der Waals surface area contributed by atoms with Crippen molar-refractivity contribution in [2.75, 3.05) is 0 Å². The Hall–Kier alpha value is -2.69. The monoisotopic (exact) mass is 354 g/mol. The lowest BCUT2D eigenvalue weighted by Crippen LogP contribution is -1.82. The lowest BCUT2D eigenvalue weighted by molar-refractivity contribution is 1.38. The standard InChI is InChI=1S/C25H22S/c1-19-7-13-22(14-8-19)5-4-6-25(23-15-9-20(2)10-16-23)26-24-17-11-21(3)12-18-24/h6-18H,1-3H3. The molecule has 0 bridgehead atoms. The first kappa shape index (κ1) is 18.1. The van der Waals surface area contributed by atoms with Crippen LogP contribution in [0.5, 0.6) is 0 Å². The minimum Gasteiger partial charge on any atom is -0.0888 e. The van der Waals surface area contributed by atoms with Crippen LogP contribution in [0.25, 0.3) is 4.91 Å². The molecule has 0 saturated carbocycles. The number of hydrogen-bond donors (Lipinski definition) is 0. The van der Waals surface area contributed by atoms with Gasteiger partial charge in [0, 0.05) is 21.4 Å². The second-order valence-electron chi connectivity index (χ2n) is 6.43. The van der Waals surface area contributed by atoms with Gasteiger partial charge in [0.05, 0.1) is 0 Å². The molecule has 0 N–H and O–H groups in total. The topological polar surface area (TPSA) is 0 Å². The van der Waals surface area contributed by atoms with Gasteiger partial charge in [-0.05, 0) is 50.6 Å². The van der Waals surface area contributed by atoms with Crippen molar-refractivity contribution in [1.82, 2.24) is 0 Å². The van der Waals surface area contributed by atoms with Crippen LogP contribution in [-0.2, 0) is 0 Å². The smallest absolute Gasteiger partial charge is 0.0278 e. The molecule has 1 heteroatoms. The van der Waals surface area contributed by atoms with Crippen molar-refractivity contribution in [3.05, 3.63) is 107 Å². The fourth-order valence-corrected chi connectivity index (χ4v) is 3.34. The first-order valence-corrected chi connectivity index (χ1v) is 9.52. The molecule has 3 rings (SSSR count). The van der Waals surface area contributed by atoms with Crippen LogP contribution >= 0.6 is 11.8 Å². The minimum atomic E-state index is 1.04. The average molecular weight is 355 g/mol. The molecule has 0 aliphatic carbocycles. The fourth-order valence-electron chi connectivity index (χ4n) is 2.44. The van der Waals surface area contributed by atoms with Gasteiger partial charge >= 0.3 is 0 Å². The summed E-state index contributed by atoms with van der Waals surface area (Å²) < 4.78 is 0. The highest BCUT2D eigenvalue weighted by Gasteiger charge is 2.04. The second-order valence-corrected chi connectivity index (χ2v) is 7.54. The van der Waals surface area contributed by atoms with Gasteiger partial charge in [-0.1, -0.05) is 88.8 Å². The summed E-state index contributed by atoms with van der Waals surface area (Å²) in [6.45, 7) is 6.31. The summed E-state index contributed by atoms with van der Waals surface area (Å²) in [5, 5.41) is 0. The number of rotatable bonds is 3. The highest BCUT2D eigenvalue weighted by Crippen LogP contribution is 2.34. The van der Waals surface area contributed by atoms with E-state index < -0.39 is 0 Å². The van der Waals surface area contributed by atoms with E-state index in [2.05, 4.69) is 105 Å². The Morgan fingerprint density at radius 2 is 1.19 bits per heavy atom. The molecule has 0 unspecified atom stereocenters. The zero-order chi connectivity index (χ0) is 18.4. The van der Waals surface area contributed by atoms with E-state index in [9.17, 15) is 0 Å². The third-order valence-corrected chi connectivity index (χ3v) is 5.14. The fraction of sp³-hybridized carbons (Fsp3) is 0.120. The van der Waals surface area contributed by atoms with Gasteiger partial charge in [0.15, 0.2) is 0 Å². The van der Waals surface area contributed by atoms with Gasteiger partial charge in [-0.2, -0.15) is 0 Å².